The summed E-state index contributed by atoms with van der Waals surface area (Å²) in [7, 11) is -1.06. The molecule has 146 valence electrons. The molecular weight excluding hydrogens is 395 g/mol. The summed E-state index contributed by atoms with van der Waals surface area (Å²) in [6, 6.07) is 9.86. The molecule has 6 nitrogen and oxygen atoms in total. The maximum atomic E-state index is 13.1. The van der Waals surface area contributed by atoms with Crippen LogP contribution in [0.4, 0.5) is 4.39 Å². The molecule has 0 amide bonds. The van der Waals surface area contributed by atoms with E-state index < -0.39 is 10.0 Å². The zero-order chi connectivity index (χ0) is 19.9. The molecule has 0 heterocycles. The molecule has 0 aliphatic rings. The van der Waals surface area contributed by atoms with Crippen molar-refractivity contribution in [3.8, 4) is 11.5 Å². The van der Waals surface area contributed by atoms with Gasteiger partial charge in [-0.2, -0.15) is 18.4 Å². The van der Waals surface area contributed by atoms with Crippen molar-refractivity contribution in [1.82, 2.24) is 4.83 Å². The topological polar surface area (TPSA) is 77.0 Å². The number of rotatable bonds is 9. The van der Waals surface area contributed by atoms with Gasteiger partial charge in [0, 0.05) is 11.9 Å². The summed E-state index contributed by atoms with van der Waals surface area (Å²) in [5.74, 6) is 0.698. The monoisotopic (exact) mass is 414 g/mol. The average molecular weight is 415 g/mol. The SMILES string of the molecule is COc1ccc(S(=O)(=O)N/N=C(/CCCCl)c2ccc(F)cc2)cc1OC. The number of nitrogens with zero attached hydrogens (tertiary/aromatic N) is 1. The molecule has 0 atom stereocenters. The second-order valence-electron chi connectivity index (χ2n) is 5.47. The number of benzene rings is 2. The fourth-order valence-corrected chi connectivity index (χ4v) is 3.27. The highest BCUT2D eigenvalue weighted by molar-refractivity contribution is 7.89. The first kappa shape index (κ1) is 21.0. The van der Waals surface area contributed by atoms with Crippen LogP contribution in [0.1, 0.15) is 18.4 Å². The van der Waals surface area contributed by atoms with Crippen molar-refractivity contribution in [2.24, 2.45) is 5.10 Å². The fourth-order valence-electron chi connectivity index (χ4n) is 2.29. The maximum absolute atomic E-state index is 13.1. The van der Waals surface area contributed by atoms with Gasteiger partial charge in [-0.05, 0) is 42.7 Å². The standard InChI is InChI=1S/C18H20ClFN2O4S/c1-25-17-10-9-15(12-18(17)26-2)27(23,24)22-21-16(4-3-11-19)13-5-7-14(20)8-6-13/h5-10,12,22H,3-4,11H2,1-2H3/b21-16-. The Hall–Kier alpha value is -2.32. The maximum Gasteiger partial charge on any atom is 0.276 e. The summed E-state index contributed by atoms with van der Waals surface area (Å²) >= 11 is 5.73. The van der Waals surface area contributed by atoms with Crippen molar-refractivity contribution in [3.05, 3.63) is 53.8 Å². The molecule has 0 saturated heterocycles. The van der Waals surface area contributed by atoms with E-state index in [1.54, 1.807) is 0 Å². The van der Waals surface area contributed by atoms with Crippen LogP contribution >= 0.6 is 11.6 Å². The van der Waals surface area contributed by atoms with Gasteiger partial charge in [-0.15, -0.1) is 11.6 Å². The largest absolute Gasteiger partial charge is 0.493 e. The lowest BCUT2D eigenvalue weighted by molar-refractivity contribution is 0.354. The van der Waals surface area contributed by atoms with Crippen LogP contribution in [0, 0.1) is 5.82 Å². The molecule has 2 rings (SSSR count). The van der Waals surface area contributed by atoms with E-state index >= 15 is 0 Å². The highest BCUT2D eigenvalue weighted by Gasteiger charge is 2.17. The predicted octanol–water partition coefficient (Wildman–Crippen LogP) is 3.54. The highest BCUT2D eigenvalue weighted by atomic mass is 35.5. The van der Waals surface area contributed by atoms with E-state index in [1.807, 2.05) is 0 Å². The summed E-state index contributed by atoms with van der Waals surface area (Å²) in [5, 5.41) is 4.03. The van der Waals surface area contributed by atoms with Crippen molar-refractivity contribution < 1.29 is 22.3 Å². The average Bonchev–Trinajstić information content (AvgIpc) is 2.68. The number of hydrogen-bond acceptors (Lipinski definition) is 5. The molecule has 27 heavy (non-hydrogen) atoms. The van der Waals surface area contributed by atoms with Crippen molar-refractivity contribution in [2.75, 3.05) is 20.1 Å². The van der Waals surface area contributed by atoms with E-state index in [-0.39, 0.29) is 16.5 Å². The van der Waals surface area contributed by atoms with Gasteiger partial charge in [0.1, 0.15) is 5.82 Å². The second-order valence-corrected chi connectivity index (χ2v) is 7.51. The van der Waals surface area contributed by atoms with Crippen molar-refractivity contribution in [3.63, 3.8) is 0 Å². The number of halogens is 2. The minimum Gasteiger partial charge on any atom is -0.493 e. The van der Waals surface area contributed by atoms with Gasteiger partial charge in [-0.25, -0.2) is 4.39 Å². The Morgan fingerprint density at radius 2 is 1.78 bits per heavy atom. The third-order valence-corrected chi connectivity index (χ3v) is 5.16. The molecule has 0 aromatic heterocycles. The minimum atomic E-state index is -3.93. The summed E-state index contributed by atoms with van der Waals surface area (Å²) in [4.78, 5) is 2.19. The first-order valence-corrected chi connectivity index (χ1v) is 10.1. The van der Waals surface area contributed by atoms with E-state index in [2.05, 4.69) is 9.93 Å². The Kier molecular flexibility index (Phi) is 7.44. The number of sulfonamides is 1. The van der Waals surface area contributed by atoms with Gasteiger partial charge in [-0.3, -0.25) is 0 Å². The van der Waals surface area contributed by atoms with E-state index in [0.717, 1.165) is 0 Å². The van der Waals surface area contributed by atoms with Crippen molar-refractivity contribution in [2.45, 2.75) is 17.7 Å². The molecule has 0 fully saturated rings. The summed E-state index contributed by atoms with van der Waals surface area (Å²) in [6.07, 6.45) is 1.03. The summed E-state index contributed by atoms with van der Waals surface area (Å²) < 4.78 is 48.5. The van der Waals surface area contributed by atoms with Gasteiger partial charge in [-0.1, -0.05) is 12.1 Å². The zero-order valence-corrected chi connectivity index (χ0v) is 16.5. The molecule has 0 radical (unpaired) electrons. The first-order chi connectivity index (χ1) is 12.9. The van der Waals surface area contributed by atoms with Crippen LogP contribution in [-0.4, -0.2) is 34.2 Å². The molecule has 0 saturated carbocycles. The number of hydrazone groups is 1. The highest BCUT2D eigenvalue weighted by Crippen LogP contribution is 2.29. The van der Waals surface area contributed by atoms with Crippen LogP contribution in [-0.2, 0) is 10.0 Å². The van der Waals surface area contributed by atoms with Crippen molar-refractivity contribution in [1.29, 1.82) is 0 Å². The Labute approximate surface area is 163 Å². The quantitative estimate of drug-likeness (QED) is 0.387. The number of nitrogens with one attached hydrogen (secondary N) is 1. The zero-order valence-electron chi connectivity index (χ0n) is 14.9. The number of methoxy groups -OCH3 is 2. The second kappa shape index (κ2) is 9.57. The van der Waals surface area contributed by atoms with Gasteiger partial charge in [0.25, 0.3) is 10.0 Å². The third-order valence-electron chi connectivity index (χ3n) is 3.69. The van der Waals surface area contributed by atoms with E-state index in [0.29, 0.717) is 35.7 Å². The molecular formula is C18H20ClFN2O4S. The summed E-state index contributed by atoms with van der Waals surface area (Å²) in [5.41, 5.74) is 1.07. The molecule has 2 aromatic rings. The Morgan fingerprint density at radius 3 is 2.37 bits per heavy atom. The van der Waals surface area contributed by atoms with E-state index in [4.69, 9.17) is 21.1 Å². The lowest BCUT2D eigenvalue weighted by Gasteiger charge is -2.11. The molecule has 0 aliphatic carbocycles. The smallest absolute Gasteiger partial charge is 0.276 e. The summed E-state index contributed by atoms with van der Waals surface area (Å²) in [6.45, 7) is 0. The van der Waals surface area contributed by atoms with E-state index in [9.17, 15) is 12.8 Å². The lowest BCUT2D eigenvalue weighted by atomic mass is 10.1. The van der Waals surface area contributed by atoms with Gasteiger partial charge in [0.15, 0.2) is 11.5 Å². The van der Waals surface area contributed by atoms with Crippen LogP contribution in [0.2, 0.25) is 0 Å². The fraction of sp³-hybridized carbons (Fsp3) is 0.278. The molecule has 0 spiro atoms. The first-order valence-electron chi connectivity index (χ1n) is 8.03. The molecule has 1 N–H and O–H groups in total. The third kappa shape index (κ3) is 5.58. The lowest BCUT2D eigenvalue weighted by Crippen LogP contribution is -2.21. The van der Waals surface area contributed by atoms with E-state index in [1.165, 1.54) is 56.7 Å². The van der Waals surface area contributed by atoms with Crippen LogP contribution in [0.25, 0.3) is 0 Å². The molecule has 0 aliphatic heterocycles. The number of alkyl halides is 1. The van der Waals surface area contributed by atoms with Gasteiger partial charge in [0.2, 0.25) is 0 Å². The Balaban J connectivity index is 2.31. The Bertz CT molecular complexity index is 902. The number of hydrogen-bond donors (Lipinski definition) is 1. The van der Waals surface area contributed by atoms with Crippen LogP contribution < -0.4 is 14.3 Å². The molecule has 2 aromatic carbocycles. The van der Waals surface area contributed by atoms with Gasteiger partial charge < -0.3 is 9.47 Å². The predicted molar refractivity (Wildman–Crippen MR) is 103 cm³/mol. The minimum absolute atomic E-state index is 0.0281. The molecule has 0 unspecified atom stereocenters. The normalized spacial score (nSPS) is 11.9. The molecule has 0 bridgehead atoms. The van der Waals surface area contributed by atoms with Crippen LogP contribution in [0.5, 0.6) is 11.5 Å². The van der Waals surface area contributed by atoms with Gasteiger partial charge in [0.05, 0.1) is 24.8 Å². The van der Waals surface area contributed by atoms with Gasteiger partial charge >= 0.3 is 0 Å². The van der Waals surface area contributed by atoms with Crippen LogP contribution in [0.3, 0.4) is 0 Å². The number of ether oxygens (including phenoxy) is 2. The van der Waals surface area contributed by atoms with Crippen LogP contribution in [0.15, 0.2) is 52.5 Å². The molecule has 9 heteroatoms. The Morgan fingerprint density at radius 1 is 1.11 bits per heavy atom. The van der Waals surface area contributed by atoms with Crippen molar-refractivity contribution >= 4 is 27.3 Å².